The zero-order valence-electron chi connectivity index (χ0n) is 14.4. The van der Waals surface area contributed by atoms with Crippen LogP contribution >= 0.6 is 0 Å². The Morgan fingerprint density at radius 1 is 1.30 bits per heavy atom. The average molecular weight is 323 g/mol. The molecule has 6 heteroatoms. The van der Waals surface area contributed by atoms with Gasteiger partial charge in [0.25, 0.3) is 0 Å². The van der Waals surface area contributed by atoms with E-state index in [9.17, 15) is 4.79 Å². The number of benzene rings is 1. The van der Waals surface area contributed by atoms with Gasteiger partial charge in [-0.3, -0.25) is 4.79 Å². The number of rotatable bonds is 6. The minimum atomic E-state index is -0.0526. The maximum atomic E-state index is 11.5. The summed E-state index contributed by atoms with van der Waals surface area (Å²) in [7, 11) is 1.77. The molecule has 1 aromatic rings. The quantitative estimate of drug-likeness (QED) is 0.828. The van der Waals surface area contributed by atoms with Gasteiger partial charge in [-0.05, 0) is 44.0 Å². The summed E-state index contributed by atoms with van der Waals surface area (Å²) in [5, 5.41) is 0. The van der Waals surface area contributed by atoms with E-state index in [4.69, 9.17) is 20.9 Å². The summed E-state index contributed by atoms with van der Waals surface area (Å²) in [5.74, 6) is 1.49. The lowest BCUT2D eigenvalue weighted by atomic mass is 10.1. The van der Waals surface area contributed by atoms with Crippen LogP contribution < -0.4 is 20.9 Å². The zero-order chi connectivity index (χ0) is 17.2. The lowest BCUT2D eigenvalue weighted by Gasteiger charge is -2.24. The van der Waals surface area contributed by atoms with Gasteiger partial charge in [-0.2, -0.15) is 0 Å². The molecule has 130 valence electrons. The van der Waals surface area contributed by atoms with Crippen LogP contribution in [0.2, 0.25) is 0 Å². The third-order valence-corrected chi connectivity index (χ3v) is 3.75. The molecule has 1 unspecified atom stereocenters. The van der Waals surface area contributed by atoms with Gasteiger partial charge in [-0.25, -0.2) is 0 Å². The Labute approximate surface area is 138 Å². The van der Waals surface area contributed by atoms with E-state index in [1.807, 2.05) is 25.1 Å². The second-order valence-corrected chi connectivity index (χ2v) is 5.59. The van der Waals surface area contributed by atoms with Crippen molar-refractivity contribution in [1.29, 1.82) is 0 Å². The maximum Gasteiger partial charge on any atom is 0.236 e. The SMILES string of the molecule is CC(Cc1ccc2c(c1)OCO2)N(C)C(=O)CN.CCCCN. The molecule has 0 bridgehead atoms. The molecule has 0 aromatic heterocycles. The number of nitrogens with two attached hydrogens (primary N) is 2. The van der Waals surface area contributed by atoms with Gasteiger partial charge < -0.3 is 25.8 Å². The molecule has 1 aliphatic heterocycles. The van der Waals surface area contributed by atoms with Gasteiger partial charge in [0.1, 0.15) is 0 Å². The number of ether oxygens (including phenoxy) is 2. The Morgan fingerprint density at radius 3 is 2.57 bits per heavy atom. The summed E-state index contributed by atoms with van der Waals surface area (Å²) in [6.45, 7) is 5.30. The highest BCUT2D eigenvalue weighted by molar-refractivity contribution is 5.78. The second-order valence-electron chi connectivity index (χ2n) is 5.59. The fourth-order valence-corrected chi connectivity index (χ4v) is 2.14. The molecule has 1 aliphatic rings. The summed E-state index contributed by atoms with van der Waals surface area (Å²) in [6.07, 6.45) is 3.15. The smallest absolute Gasteiger partial charge is 0.236 e. The van der Waals surface area contributed by atoms with Crippen molar-refractivity contribution >= 4 is 5.91 Å². The first-order chi connectivity index (χ1) is 11.0. The Balaban J connectivity index is 0.000000463. The second kappa shape index (κ2) is 10.1. The van der Waals surface area contributed by atoms with Crippen LogP contribution in [-0.4, -0.2) is 43.8 Å². The number of carbonyl (C=O) groups excluding carboxylic acids is 1. The van der Waals surface area contributed by atoms with Crippen molar-refractivity contribution in [3.05, 3.63) is 23.8 Å². The van der Waals surface area contributed by atoms with Crippen LogP contribution in [0.3, 0.4) is 0 Å². The molecule has 1 amide bonds. The molecule has 0 aliphatic carbocycles. The predicted octanol–water partition coefficient (Wildman–Crippen LogP) is 1.51. The van der Waals surface area contributed by atoms with E-state index < -0.39 is 0 Å². The Kier molecular flexibility index (Phi) is 8.43. The highest BCUT2D eigenvalue weighted by Crippen LogP contribution is 2.32. The first kappa shape index (κ1) is 19.3. The lowest BCUT2D eigenvalue weighted by Crippen LogP contribution is -2.40. The van der Waals surface area contributed by atoms with Crippen LogP contribution in [0.25, 0.3) is 0 Å². The van der Waals surface area contributed by atoms with Gasteiger partial charge >= 0.3 is 0 Å². The van der Waals surface area contributed by atoms with E-state index in [-0.39, 0.29) is 25.3 Å². The van der Waals surface area contributed by atoms with Crippen LogP contribution in [0.4, 0.5) is 0 Å². The van der Waals surface area contributed by atoms with Gasteiger partial charge in [-0.1, -0.05) is 19.4 Å². The summed E-state index contributed by atoms with van der Waals surface area (Å²) in [4.78, 5) is 13.2. The van der Waals surface area contributed by atoms with Crippen molar-refractivity contribution in [2.24, 2.45) is 11.5 Å². The number of fused-ring (bicyclic) bond motifs is 1. The molecular formula is C17H29N3O3. The fraction of sp³-hybridized carbons (Fsp3) is 0.588. The van der Waals surface area contributed by atoms with Crippen molar-refractivity contribution in [2.45, 2.75) is 39.2 Å². The van der Waals surface area contributed by atoms with E-state index in [1.54, 1.807) is 11.9 Å². The minimum absolute atomic E-state index is 0.0436. The topological polar surface area (TPSA) is 90.8 Å². The molecule has 1 aromatic carbocycles. The molecule has 6 nitrogen and oxygen atoms in total. The van der Waals surface area contributed by atoms with E-state index in [0.717, 1.165) is 30.0 Å². The molecule has 0 fully saturated rings. The minimum Gasteiger partial charge on any atom is -0.454 e. The zero-order valence-corrected chi connectivity index (χ0v) is 14.4. The van der Waals surface area contributed by atoms with Crippen molar-refractivity contribution in [3.8, 4) is 11.5 Å². The Morgan fingerprint density at radius 2 is 2.00 bits per heavy atom. The number of nitrogens with zero attached hydrogens (tertiary/aromatic N) is 1. The van der Waals surface area contributed by atoms with Gasteiger partial charge in [0.15, 0.2) is 11.5 Å². The summed E-state index contributed by atoms with van der Waals surface area (Å²) in [5.41, 5.74) is 11.6. The van der Waals surface area contributed by atoms with E-state index in [1.165, 1.54) is 12.8 Å². The van der Waals surface area contributed by atoms with Crippen molar-refractivity contribution in [3.63, 3.8) is 0 Å². The Bertz CT molecular complexity index is 492. The first-order valence-corrected chi connectivity index (χ1v) is 8.07. The number of unbranched alkanes of at least 4 members (excludes halogenated alkanes) is 1. The van der Waals surface area contributed by atoms with Gasteiger partial charge in [0.05, 0.1) is 6.54 Å². The van der Waals surface area contributed by atoms with Crippen LogP contribution in [-0.2, 0) is 11.2 Å². The molecule has 0 radical (unpaired) electrons. The highest BCUT2D eigenvalue weighted by atomic mass is 16.7. The van der Waals surface area contributed by atoms with E-state index in [2.05, 4.69) is 6.92 Å². The van der Waals surface area contributed by atoms with Crippen molar-refractivity contribution in [1.82, 2.24) is 4.90 Å². The number of likely N-dealkylation sites (N-methyl/N-ethyl adjacent to an activating group) is 1. The van der Waals surface area contributed by atoms with Gasteiger partial charge in [0, 0.05) is 13.1 Å². The van der Waals surface area contributed by atoms with E-state index in [0.29, 0.717) is 0 Å². The standard InChI is InChI=1S/C13H18N2O3.C4H11N/c1-9(15(2)13(16)7-14)5-10-3-4-11-12(6-10)18-8-17-11;1-2-3-4-5/h3-4,6,9H,5,7-8,14H2,1-2H3;2-5H2,1H3. The summed E-state index contributed by atoms with van der Waals surface area (Å²) < 4.78 is 10.6. The molecular weight excluding hydrogens is 294 g/mol. The fourth-order valence-electron chi connectivity index (χ4n) is 2.14. The van der Waals surface area contributed by atoms with E-state index >= 15 is 0 Å². The van der Waals surface area contributed by atoms with Gasteiger partial charge in [-0.15, -0.1) is 0 Å². The summed E-state index contributed by atoms with van der Waals surface area (Å²) >= 11 is 0. The third-order valence-electron chi connectivity index (χ3n) is 3.75. The molecule has 23 heavy (non-hydrogen) atoms. The number of hydrogen-bond donors (Lipinski definition) is 2. The first-order valence-electron chi connectivity index (χ1n) is 8.07. The average Bonchev–Trinajstić information content (AvgIpc) is 3.02. The van der Waals surface area contributed by atoms with Crippen LogP contribution in [0.5, 0.6) is 11.5 Å². The Hall–Kier alpha value is -1.79. The third kappa shape index (κ3) is 6.08. The maximum absolute atomic E-state index is 11.5. The van der Waals surface area contributed by atoms with Gasteiger partial charge in [0.2, 0.25) is 12.7 Å². The van der Waals surface area contributed by atoms with Crippen LogP contribution in [0.15, 0.2) is 18.2 Å². The molecule has 0 saturated carbocycles. The normalized spacial score (nSPS) is 13.1. The predicted molar refractivity (Wildman–Crippen MR) is 91.5 cm³/mol. The van der Waals surface area contributed by atoms with Crippen LogP contribution in [0, 0.1) is 0 Å². The van der Waals surface area contributed by atoms with Crippen molar-refractivity contribution < 1.29 is 14.3 Å². The molecule has 4 N–H and O–H groups in total. The largest absolute Gasteiger partial charge is 0.454 e. The summed E-state index contributed by atoms with van der Waals surface area (Å²) in [6, 6.07) is 5.95. The molecule has 1 atom stereocenters. The lowest BCUT2D eigenvalue weighted by molar-refractivity contribution is -0.130. The molecule has 0 saturated heterocycles. The number of amides is 1. The van der Waals surface area contributed by atoms with Crippen molar-refractivity contribution in [2.75, 3.05) is 26.9 Å². The van der Waals surface area contributed by atoms with Crippen LogP contribution in [0.1, 0.15) is 32.3 Å². The highest BCUT2D eigenvalue weighted by Gasteiger charge is 2.17. The monoisotopic (exact) mass is 323 g/mol. The number of hydrogen-bond acceptors (Lipinski definition) is 5. The molecule has 0 spiro atoms. The molecule has 1 heterocycles. The number of carbonyl (C=O) groups is 1. The molecule has 2 rings (SSSR count).